The summed E-state index contributed by atoms with van der Waals surface area (Å²) in [5, 5.41) is 0. The van der Waals surface area contributed by atoms with E-state index in [1.165, 1.54) is 0 Å². The molecule has 0 fully saturated rings. The molecule has 0 saturated carbocycles. The minimum atomic E-state index is -2.94. The third kappa shape index (κ3) is 3.72. The number of nitrogens with zero attached hydrogens (tertiary/aromatic N) is 1. The van der Waals surface area contributed by atoms with Gasteiger partial charge in [0.15, 0.2) is 0 Å². The van der Waals surface area contributed by atoms with Crippen molar-refractivity contribution in [1.82, 2.24) is 4.90 Å². The van der Waals surface area contributed by atoms with Crippen molar-refractivity contribution in [3.05, 3.63) is 35.9 Å². The molecule has 5 heteroatoms. The molecule has 0 aliphatic carbocycles. The number of hydrogen-bond donors (Lipinski definition) is 1. The highest BCUT2D eigenvalue weighted by Gasteiger charge is 2.19. The van der Waals surface area contributed by atoms with Crippen molar-refractivity contribution in [3.63, 3.8) is 0 Å². The minimum Gasteiger partial charge on any atom is -0.326 e. The molecule has 0 aliphatic heterocycles. The molecule has 2 atom stereocenters. The smallest absolute Gasteiger partial charge is 0.318 e. The lowest BCUT2D eigenvalue weighted by molar-refractivity contribution is 0.0290. The van der Waals surface area contributed by atoms with Crippen LogP contribution in [0.25, 0.3) is 0 Å². The summed E-state index contributed by atoms with van der Waals surface area (Å²) in [6.45, 7) is 5.53. The molecule has 1 aromatic rings. The van der Waals surface area contributed by atoms with Gasteiger partial charge in [-0.05, 0) is 18.7 Å². The van der Waals surface area contributed by atoms with Gasteiger partial charge in [0.1, 0.15) is 6.23 Å². The van der Waals surface area contributed by atoms with Crippen LogP contribution in [0.5, 0.6) is 0 Å². The first-order valence-corrected chi connectivity index (χ1v) is 6.64. The van der Waals surface area contributed by atoms with Crippen molar-refractivity contribution in [2.45, 2.75) is 20.1 Å². The Morgan fingerprint density at radius 2 is 1.88 bits per heavy atom. The van der Waals surface area contributed by atoms with Crippen LogP contribution < -0.4 is 0 Å². The molecule has 0 heterocycles. The van der Waals surface area contributed by atoms with E-state index in [0.717, 1.165) is 18.7 Å². The van der Waals surface area contributed by atoms with Crippen molar-refractivity contribution >= 4 is 8.25 Å². The van der Waals surface area contributed by atoms with Gasteiger partial charge in [0, 0.05) is 0 Å². The third-order valence-electron chi connectivity index (χ3n) is 2.44. The van der Waals surface area contributed by atoms with E-state index in [1.54, 1.807) is 0 Å². The average Bonchev–Trinajstić information content (AvgIpc) is 2.30. The Balaban J connectivity index is 2.90. The Morgan fingerprint density at radius 1 is 1.31 bits per heavy atom. The molecule has 0 radical (unpaired) electrons. The zero-order chi connectivity index (χ0) is 12.0. The summed E-state index contributed by atoms with van der Waals surface area (Å²) in [5.74, 6) is 0. The van der Waals surface area contributed by atoms with E-state index in [0.29, 0.717) is 0 Å². The van der Waals surface area contributed by atoms with Gasteiger partial charge in [-0.15, -0.1) is 0 Å². The van der Waals surface area contributed by atoms with Crippen molar-refractivity contribution in [3.8, 4) is 0 Å². The zero-order valence-corrected chi connectivity index (χ0v) is 10.6. The van der Waals surface area contributed by atoms with Crippen LogP contribution in [0.2, 0.25) is 0 Å². The van der Waals surface area contributed by atoms with E-state index in [4.69, 9.17) is 9.42 Å². The molecule has 90 valence electrons. The molecule has 0 saturated heterocycles. The van der Waals surface area contributed by atoms with Crippen LogP contribution in [0.15, 0.2) is 30.3 Å². The summed E-state index contributed by atoms with van der Waals surface area (Å²) in [7, 11) is -2.94. The van der Waals surface area contributed by atoms with Crippen LogP contribution in [0.1, 0.15) is 25.6 Å². The average molecular weight is 243 g/mol. The van der Waals surface area contributed by atoms with Crippen molar-refractivity contribution in [2.24, 2.45) is 0 Å². The highest BCUT2D eigenvalue weighted by atomic mass is 31.1. The molecule has 1 aromatic carbocycles. The second-order valence-electron chi connectivity index (χ2n) is 3.37. The standard InChI is InChI=1S/C11H18NO3P/c1-3-12(4-2)11(15-16(13)14)10-8-6-5-7-9-10/h5-9,11,16H,3-4H2,1-2H3,(H,13,14). The first-order valence-electron chi connectivity index (χ1n) is 5.37. The summed E-state index contributed by atoms with van der Waals surface area (Å²) >= 11 is 0. The van der Waals surface area contributed by atoms with Gasteiger partial charge in [0.25, 0.3) is 0 Å². The summed E-state index contributed by atoms with van der Waals surface area (Å²) in [6.07, 6.45) is -0.437. The Morgan fingerprint density at radius 3 is 2.31 bits per heavy atom. The third-order valence-corrected chi connectivity index (χ3v) is 2.87. The molecule has 16 heavy (non-hydrogen) atoms. The predicted molar refractivity (Wildman–Crippen MR) is 64.4 cm³/mol. The van der Waals surface area contributed by atoms with Gasteiger partial charge in [-0.1, -0.05) is 44.2 Å². The highest BCUT2D eigenvalue weighted by Crippen LogP contribution is 2.31. The fraction of sp³-hybridized carbons (Fsp3) is 0.455. The first kappa shape index (κ1) is 13.4. The van der Waals surface area contributed by atoms with Gasteiger partial charge in [-0.3, -0.25) is 14.0 Å². The predicted octanol–water partition coefficient (Wildman–Crippen LogP) is 2.43. The highest BCUT2D eigenvalue weighted by molar-refractivity contribution is 7.32. The number of benzene rings is 1. The van der Waals surface area contributed by atoms with E-state index >= 15 is 0 Å². The fourth-order valence-corrected chi connectivity index (χ4v) is 2.10. The van der Waals surface area contributed by atoms with Crippen LogP contribution in [0.3, 0.4) is 0 Å². The second-order valence-corrected chi connectivity index (χ2v) is 4.14. The molecule has 4 nitrogen and oxygen atoms in total. The van der Waals surface area contributed by atoms with Gasteiger partial charge in [0.05, 0.1) is 0 Å². The molecule has 2 unspecified atom stereocenters. The van der Waals surface area contributed by atoms with Gasteiger partial charge in [-0.2, -0.15) is 0 Å². The van der Waals surface area contributed by atoms with Crippen molar-refractivity contribution < 1.29 is 14.0 Å². The van der Waals surface area contributed by atoms with E-state index in [-0.39, 0.29) is 0 Å². The minimum absolute atomic E-state index is 0.437. The quantitative estimate of drug-likeness (QED) is 0.615. The van der Waals surface area contributed by atoms with Crippen LogP contribution in [-0.4, -0.2) is 22.9 Å². The van der Waals surface area contributed by atoms with Gasteiger partial charge in [0.2, 0.25) is 0 Å². The summed E-state index contributed by atoms with van der Waals surface area (Å²) < 4.78 is 16.0. The molecule has 0 amide bonds. The van der Waals surface area contributed by atoms with Crippen LogP contribution in [-0.2, 0) is 9.09 Å². The number of rotatable bonds is 6. The summed E-state index contributed by atoms with van der Waals surface area (Å²) in [5.41, 5.74) is 0.901. The van der Waals surface area contributed by atoms with E-state index in [2.05, 4.69) is 0 Å². The molecular formula is C11H18NO3P. The summed E-state index contributed by atoms with van der Waals surface area (Å²) in [4.78, 5) is 10.9. The molecule has 0 aromatic heterocycles. The SMILES string of the molecule is CCN(CC)C(O[PH](=O)O)c1ccccc1. The van der Waals surface area contributed by atoms with E-state index in [9.17, 15) is 4.57 Å². The zero-order valence-electron chi connectivity index (χ0n) is 9.59. The van der Waals surface area contributed by atoms with E-state index in [1.807, 2.05) is 49.1 Å². The largest absolute Gasteiger partial charge is 0.326 e. The normalized spacial score (nSPS) is 15.0. The van der Waals surface area contributed by atoms with Crippen molar-refractivity contribution in [2.75, 3.05) is 13.1 Å². The topological polar surface area (TPSA) is 49.8 Å². The molecular weight excluding hydrogens is 225 g/mol. The second kappa shape index (κ2) is 6.81. The van der Waals surface area contributed by atoms with Gasteiger partial charge in [-0.25, -0.2) is 0 Å². The first-order chi connectivity index (χ1) is 7.69. The monoisotopic (exact) mass is 243 g/mol. The fourth-order valence-electron chi connectivity index (χ4n) is 1.62. The number of hydrogen-bond acceptors (Lipinski definition) is 3. The molecule has 1 N–H and O–H groups in total. The Hall–Kier alpha value is -0.670. The van der Waals surface area contributed by atoms with Crippen LogP contribution in [0, 0.1) is 0 Å². The van der Waals surface area contributed by atoms with E-state index < -0.39 is 14.5 Å². The Bertz CT molecular complexity index is 327. The Labute approximate surface area is 96.8 Å². The van der Waals surface area contributed by atoms with Gasteiger partial charge >= 0.3 is 8.25 Å². The lowest BCUT2D eigenvalue weighted by Gasteiger charge is -2.28. The maximum atomic E-state index is 10.9. The van der Waals surface area contributed by atoms with Gasteiger partial charge < -0.3 is 4.89 Å². The molecule has 0 aliphatic rings. The Kier molecular flexibility index (Phi) is 5.71. The van der Waals surface area contributed by atoms with Crippen LogP contribution >= 0.6 is 8.25 Å². The van der Waals surface area contributed by atoms with Crippen molar-refractivity contribution in [1.29, 1.82) is 0 Å². The maximum absolute atomic E-state index is 10.9. The maximum Gasteiger partial charge on any atom is 0.318 e. The molecule has 0 spiro atoms. The summed E-state index contributed by atoms with van der Waals surface area (Å²) in [6, 6.07) is 9.49. The lowest BCUT2D eigenvalue weighted by atomic mass is 10.2. The van der Waals surface area contributed by atoms with Crippen LogP contribution in [0.4, 0.5) is 0 Å². The molecule has 0 bridgehead atoms. The molecule has 1 rings (SSSR count). The lowest BCUT2D eigenvalue weighted by Crippen LogP contribution is -2.29.